The number of hydrogen-bond donors (Lipinski definition) is 1. The summed E-state index contributed by atoms with van der Waals surface area (Å²) < 4.78 is 37.0. The van der Waals surface area contributed by atoms with Crippen LogP contribution in [0.1, 0.15) is 47.1 Å². The van der Waals surface area contributed by atoms with Crippen LogP contribution in [0.3, 0.4) is 0 Å². The molecule has 1 N–H and O–H groups in total. The second-order valence-corrected chi connectivity index (χ2v) is 10.5. The van der Waals surface area contributed by atoms with Crippen molar-refractivity contribution in [3.63, 3.8) is 0 Å². The van der Waals surface area contributed by atoms with Crippen molar-refractivity contribution in [1.29, 1.82) is 0 Å². The standard InChI is InChI=1S/C21H27NO7S/c1-20(2,3)28-18(24)22(19(25)29-21(4,5)6)30(26,27)16-11-14-9-7-8-10-17(14)15(12-16)13-23/h7-12,23H,13H2,1-6H3. The average Bonchev–Trinajstić information content (AvgIpc) is 2.57. The van der Waals surface area contributed by atoms with Crippen LogP contribution in [0, 0.1) is 0 Å². The maximum absolute atomic E-state index is 13.3. The fraction of sp³-hybridized carbons (Fsp3) is 0.429. The van der Waals surface area contributed by atoms with E-state index in [9.17, 15) is 23.1 Å². The molecule has 2 aromatic rings. The third-order valence-electron chi connectivity index (χ3n) is 3.75. The van der Waals surface area contributed by atoms with E-state index >= 15 is 0 Å². The predicted octanol–water partition coefficient (Wildman–Crippen LogP) is 4.19. The van der Waals surface area contributed by atoms with Crippen LogP contribution >= 0.6 is 0 Å². The normalized spacial score (nSPS) is 12.5. The molecule has 0 aliphatic heterocycles. The van der Waals surface area contributed by atoms with Crippen LogP contribution < -0.4 is 0 Å². The summed E-state index contributed by atoms with van der Waals surface area (Å²) in [5.41, 5.74) is -1.76. The van der Waals surface area contributed by atoms with Crippen molar-refractivity contribution in [2.24, 2.45) is 0 Å². The van der Waals surface area contributed by atoms with Gasteiger partial charge in [0.25, 0.3) is 10.0 Å². The Morgan fingerprint density at radius 2 is 1.43 bits per heavy atom. The third-order valence-corrected chi connectivity index (χ3v) is 5.36. The molecule has 0 unspecified atom stereocenters. The number of aliphatic hydroxyl groups excluding tert-OH is 1. The van der Waals surface area contributed by atoms with Gasteiger partial charge in [0.1, 0.15) is 11.2 Å². The lowest BCUT2D eigenvalue weighted by Crippen LogP contribution is -2.46. The van der Waals surface area contributed by atoms with Gasteiger partial charge in [-0.3, -0.25) is 0 Å². The summed E-state index contributed by atoms with van der Waals surface area (Å²) in [6.45, 7) is 8.85. The maximum atomic E-state index is 13.3. The number of nitrogens with zero attached hydrogens (tertiary/aromatic N) is 1. The number of amides is 2. The van der Waals surface area contributed by atoms with E-state index in [1.807, 2.05) is 0 Å². The van der Waals surface area contributed by atoms with Gasteiger partial charge in [-0.25, -0.2) is 18.0 Å². The van der Waals surface area contributed by atoms with Gasteiger partial charge in [0.05, 0.1) is 11.5 Å². The fourth-order valence-electron chi connectivity index (χ4n) is 2.62. The van der Waals surface area contributed by atoms with E-state index in [4.69, 9.17) is 9.47 Å². The summed E-state index contributed by atoms with van der Waals surface area (Å²) in [5, 5.41) is 10.9. The van der Waals surface area contributed by atoms with Gasteiger partial charge in [-0.05, 0) is 70.0 Å². The molecule has 8 nitrogen and oxygen atoms in total. The Morgan fingerprint density at radius 1 is 0.933 bits per heavy atom. The van der Waals surface area contributed by atoms with Gasteiger partial charge in [-0.15, -0.1) is 0 Å². The van der Waals surface area contributed by atoms with Crippen LogP contribution in [0.15, 0.2) is 41.3 Å². The van der Waals surface area contributed by atoms with Crippen molar-refractivity contribution in [3.8, 4) is 0 Å². The van der Waals surface area contributed by atoms with E-state index in [0.29, 0.717) is 16.3 Å². The molecule has 0 aliphatic carbocycles. The number of ether oxygens (including phenoxy) is 2. The molecule has 0 fully saturated rings. The highest BCUT2D eigenvalue weighted by Crippen LogP contribution is 2.28. The summed E-state index contributed by atoms with van der Waals surface area (Å²) in [6, 6.07) is 9.41. The zero-order chi connectivity index (χ0) is 22.9. The van der Waals surface area contributed by atoms with Gasteiger partial charge in [-0.2, -0.15) is 0 Å². The molecule has 2 aromatic carbocycles. The van der Waals surface area contributed by atoms with E-state index in [0.717, 1.165) is 0 Å². The molecule has 0 bridgehead atoms. The summed E-state index contributed by atoms with van der Waals surface area (Å²) in [5.74, 6) is 0. The molecule has 0 saturated carbocycles. The highest BCUT2D eigenvalue weighted by atomic mass is 32.2. The number of imide groups is 1. The molecule has 0 aromatic heterocycles. The van der Waals surface area contributed by atoms with Crippen LogP contribution in [-0.4, -0.2) is 41.2 Å². The van der Waals surface area contributed by atoms with Crippen molar-refractivity contribution >= 4 is 33.0 Å². The Bertz CT molecular complexity index is 1030. The summed E-state index contributed by atoms with van der Waals surface area (Å²) in [4.78, 5) is 25.1. The number of aliphatic hydroxyl groups is 1. The molecule has 2 amide bonds. The van der Waals surface area contributed by atoms with E-state index in [2.05, 4.69) is 0 Å². The maximum Gasteiger partial charge on any atom is 0.434 e. The topological polar surface area (TPSA) is 110 Å². The van der Waals surface area contributed by atoms with Crippen molar-refractivity contribution in [3.05, 3.63) is 42.0 Å². The van der Waals surface area contributed by atoms with Crippen LogP contribution in [0.5, 0.6) is 0 Å². The SMILES string of the molecule is CC(C)(C)OC(=O)N(C(=O)OC(C)(C)C)S(=O)(=O)c1cc(CO)c2ccccc2c1. The molecule has 0 radical (unpaired) electrons. The van der Waals surface area contributed by atoms with Gasteiger partial charge < -0.3 is 14.6 Å². The van der Waals surface area contributed by atoms with Crippen molar-refractivity contribution in [2.45, 2.75) is 64.2 Å². The smallest absolute Gasteiger partial charge is 0.434 e. The first-order valence-corrected chi connectivity index (χ1v) is 10.7. The molecule has 9 heteroatoms. The monoisotopic (exact) mass is 437 g/mol. The molecular weight excluding hydrogens is 410 g/mol. The molecule has 0 saturated heterocycles. The number of rotatable bonds is 3. The lowest BCUT2D eigenvalue weighted by atomic mass is 10.1. The first-order chi connectivity index (χ1) is 13.7. The second kappa shape index (κ2) is 8.23. The van der Waals surface area contributed by atoms with Crippen LogP contribution in [0.2, 0.25) is 0 Å². The fourth-order valence-corrected chi connectivity index (χ4v) is 3.87. The zero-order valence-corrected chi connectivity index (χ0v) is 18.7. The minimum atomic E-state index is -4.70. The first-order valence-electron chi connectivity index (χ1n) is 9.29. The Hall–Kier alpha value is -2.65. The minimum Gasteiger partial charge on any atom is -0.443 e. The number of carbonyl (C=O) groups is 2. The van der Waals surface area contributed by atoms with Crippen LogP contribution in [0.25, 0.3) is 10.8 Å². The lowest BCUT2D eigenvalue weighted by molar-refractivity contribution is 0.0174. The summed E-state index contributed by atoms with van der Waals surface area (Å²) in [7, 11) is -4.70. The quantitative estimate of drug-likeness (QED) is 0.766. The Kier molecular flexibility index (Phi) is 6.48. The number of sulfonamides is 1. The largest absolute Gasteiger partial charge is 0.443 e. The van der Waals surface area contributed by atoms with Gasteiger partial charge in [0, 0.05) is 0 Å². The molecule has 164 valence electrons. The van der Waals surface area contributed by atoms with Gasteiger partial charge in [0.15, 0.2) is 0 Å². The third kappa shape index (κ3) is 5.48. The first kappa shape index (κ1) is 23.6. The number of carbonyl (C=O) groups excluding carboxylic acids is 2. The molecule has 2 rings (SSSR count). The number of hydrogen-bond acceptors (Lipinski definition) is 7. The van der Waals surface area contributed by atoms with Gasteiger partial charge in [-0.1, -0.05) is 28.6 Å². The van der Waals surface area contributed by atoms with Crippen LogP contribution in [0.4, 0.5) is 9.59 Å². The molecule has 0 heterocycles. The number of fused-ring (bicyclic) bond motifs is 1. The van der Waals surface area contributed by atoms with E-state index < -0.39 is 40.0 Å². The molecule has 0 aliphatic rings. The van der Waals surface area contributed by atoms with Gasteiger partial charge in [0.2, 0.25) is 0 Å². The zero-order valence-electron chi connectivity index (χ0n) is 17.9. The van der Waals surface area contributed by atoms with E-state index in [-0.39, 0.29) is 9.20 Å². The Labute approximate surface area is 176 Å². The number of benzene rings is 2. The Balaban J connectivity index is 2.65. The van der Waals surface area contributed by atoms with E-state index in [1.165, 1.54) is 12.1 Å². The molecule has 0 spiro atoms. The summed E-state index contributed by atoms with van der Waals surface area (Å²) in [6.07, 6.45) is -2.76. The minimum absolute atomic E-state index is 0.0191. The molecular formula is C21H27NO7S. The highest BCUT2D eigenvalue weighted by molar-refractivity contribution is 7.90. The van der Waals surface area contributed by atoms with Crippen molar-refractivity contribution in [1.82, 2.24) is 4.31 Å². The Morgan fingerprint density at radius 3 is 1.90 bits per heavy atom. The predicted molar refractivity (Wildman–Crippen MR) is 111 cm³/mol. The molecule has 30 heavy (non-hydrogen) atoms. The van der Waals surface area contributed by atoms with Crippen LogP contribution in [-0.2, 0) is 26.1 Å². The van der Waals surface area contributed by atoms with E-state index in [1.54, 1.807) is 65.8 Å². The average molecular weight is 438 g/mol. The second-order valence-electron chi connectivity index (χ2n) is 8.69. The molecule has 0 atom stereocenters. The van der Waals surface area contributed by atoms with Crippen molar-refractivity contribution in [2.75, 3.05) is 0 Å². The summed E-state index contributed by atoms with van der Waals surface area (Å²) >= 11 is 0. The van der Waals surface area contributed by atoms with Crippen molar-refractivity contribution < 1.29 is 32.6 Å². The highest BCUT2D eigenvalue weighted by Gasteiger charge is 2.41. The van der Waals surface area contributed by atoms with Gasteiger partial charge >= 0.3 is 12.2 Å². The lowest BCUT2D eigenvalue weighted by Gasteiger charge is -2.28.